The number of thiazole rings is 1. The molecular formula is C20H15F3N4O3S2. The number of rotatable bonds is 7. The summed E-state index contributed by atoms with van der Waals surface area (Å²) in [5, 5.41) is 1.93. The number of anilines is 1. The molecule has 0 saturated carbocycles. The van der Waals surface area contributed by atoms with E-state index in [2.05, 4.69) is 24.4 Å². The number of alkyl halides is 3. The lowest BCUT2D eigenvalue weighted by Crippen LogP contribution is -2.17. The van der Waals surface area contributed by atoms with Crippen LogP contribution in [0.5, 0.6) is 5.75 Å². The van der Waals surface area contributed by atoms with Crippen LogP contribution in [0.2, 0.25) is 0 Å². The van der Waals surface area contributed by atoms with Crippen molar-refractivity contribution in [1.82, 2.24) is 15.0 Å². The van der Waals surface area contributed by atoms with Crippen LogP contribution in [-0.2, 0) is 16.4 Å². The lowest BCUT2D eigenvalue weighted by atomic mass is 10.1. The molecule has 0 spiro atoms. The SMILES string of the molecule is O=S(=O)(Nc1nccs1)c1ccc(-c2ncc(Cc3cccc(OC(F)(F)F)c3)[nH]2)cc1. The molecule has 0 bridgehead atoms. The van der Waals surface area contributed by atoms with Crippen LogP contribution < -0.4 is 9.46 Å². The highest BCUT2D eigenvalue weighted by Gasteiger charge is 2.31. The Morgan fingerprint density at radius 2 is 1.88 bits per heavy atom. The number of hydrogen-bond acceptors (Lipinski definition) is 6. The lowest BCUT2D eigenvalue weighted by molar-refractivity contribution is -0.274. The number of hydrogen-bond donors (Lipinski definition) is 2. The van der Waals surface area contributed by atoms with Crippen molar-refractivity contribution in [1.29, 1.82) is 0 Å². The fraction of sp³-hybridized carbons (Fsp3) is 0.100. The number of nitrogens with one attached hydrogen (secondary N) is 2. The van der Waals surface area contributed by atoms with E-state index < -0.39 is 16.4 Å². The van der Waals surface area contributed by atoms with Crippen molar-refractivity contribution >= 4 is 26.5 Å². The number of aromatic nitrogens is 3. The molecule has 2 aromatic heterocycles. The highest BCUT2D eigenvalue weighted by atomic mass is 32.2. The first-order chi connectivity index (χ1) is 15.2. The average molecular weight is 480 g/mol. The molecule has 0 radical (unpaired) electrons. The third-order valence-corrected chi connectivity index (χ3v) is 6.42. The van der Waals surface area contributed by atoms with Crippen molar-refractivity contribution in [2.45, 2.75) is 17.7 Å². The van der Waals surface area contributed by atoms with E-state index in [-0.39, 0.29) is 15.8 Å². The number of nitrogens with zero attached hydrogens (tertiary/aromatic N) is 2. The van der Waals surface area contributed by atoms with Crippen LogP contribution in [0.4, 0.5) is 18.3 Å². The average Bonchev–Trinajstić information content (AvgIpc) is 3.39. The normalized spacial score (nSPS) is 12.0. The van der Waals surface area contributed by atoms with Crippen molar-refractivity contribution in [3.8, 4) is 17.1 Å². The van der Waals surface area contributed by atoms with Gasteiger partial charge in [0.05, 0.1) is 4.90 Å². The number of sulfonamides is 1. The van der Waals surface area contributed by atoms with Crippen molar-refractivity contribution in [2.75, 3.05) is 4.72 Å². The first-order valence-electron chi connectivity index (χ1n) is 9.09. The summed E-state index contributed by atoms with van der Waals surface area (Å²) in [7, 11) is -3.76. The molecule has 0 aliphatic heterocycles. The Bertz CT molecular complexity index is 1300. The van der Waals surface area contributed by atoms with Crippen molar-refractivity contribution in [3.63, 3.8) is 0 Å². The van der Waals surface area contributed by atoms with Gasteiger partial charge in [-0.1, -0.05) is 12.1 Å². The van der Waals surface area contributed by atoms with Gasteiger partial charge in [0, 0.05) is 35.5 Å². The Hall–Kier alpha value is -3.38. The minimum atomic E-state index is -4.75. The molecule has 0 aliphatic rings. The van der Waals surface area contributed by atoms with Crippen LogP contribution in [0.25, 0.3) is 11.4 Å². The predicted octanol–water partition coefficient (Wildman–Crippen LogP) is 4.82. The Labute approximate surface area is 185 Å². The first-order valence-corrected chi connectivity index (χ1v) is 11.5. The second-order valence-electron chi connectivity index (χ2n) is 6.60. The minimum Gasteiger partial charge on any atom is -0.406 e. The Balaban J connectivity index is 1.46. The van der Waals surface area contributed by atoms with Crippen LogP contribution in [0.15, 0.2) is 71.2 Å². The summed E-state index contributed by atoms with van der Waals surface area (Å²) in [4.78, 5) is 11.3. The van der Waals surface area contributed by atoms with E-state index >= 15 is 0 Å². The molecule has 0 amide bonds. The third kappa shape index (κ3) is 5.45. The van der Waals surface area contributed by atoms with Crippen LogP contribution in [0, 0.1) is 0 Å². The third-order valence-electron chi connectivity index (χ3n) is 4.25. The molecule has 4 rings (SSSR count). The molecule has 12 heteroatoms. The van der Waals surface area contributed by atoms with E-state index in [1.54, 1.807) is 29.8 Å². The molecule has 0 unspecified atom stereocenters. The largest absolute Gasteiger partial charge is 0.573 e. The minimum absolute atomic E-state index is 0.0738. The zero-order valence-electron chi connectivity index (χ0n) is 16.1. The number of halogens is 3. The van der Waals surface area contributed by atoms with Crippen molar-refractivity contribution in [3.05, 3.63) is 77.6 Å². The van der Waals surface area contributed by atoms with Gasteiger partial charge in [0.15, 0.2) is 5.13 Å². The van der Waals surface area contributed by atoms with Gasteiger partial charge < -0.3 is 9.72 Å². The molecule has 7 nitrogen and oxygen atoms in total. The van der Waals surface area contributed by atoms with Gasteiger partial charge >= 0.3 is 6.36 Å². The van der Waals surface area contributed by atoms with Crippen LogP contribution in [0.3, 0.4) is 0 Å². The maximum absolute atomic E-state index is 12.4. The van der Waals surface area contributed by atoms with Gasteiger partial charge in [0.1, 0.15) is 11.6 Å². The smallest absolute Gasteiger partial charge is 0.406 e. The molecule has 166 valence electrons. The molecule has 0 aliphatic carbocycles. The highest BCUT2D eigenvalue weighted by Crippen LogP contribution is 2.25. The molecule has 2 aromatic carbocycles. The van der Waals surface area contributed by atoms with E-state index in [9.17, 15) is 21.6 Å². The molecule has 0 saturated heterocycles. The highest BCUT2D eigenvalue weighted by molar-refractivity contribution is 7.93. The second kappa shape index (κ2) is 8.63. The fourth-order valence-corrected chi connectivity index (χ4v) is 4.70. The lowest BCUT2D eigenvalue weighted by Gasteiger charge is -2.09. The fourth-order valence-electron chi connectivity index (χ4n) is 2.91. The van der Waals surface area contributed by atoms with Crippen LogP contribution >= 0.6 is 11.3 Å². The number of ether oxygens (including phenoxy) is 1. The maximum Gasteiger partial charge on any atom is 0.573 e. The zero-order chi connectivity index (χ0) is 22.8. The summed E-state index contributed by atoms with van der Waals surface area (Å²) in [5.41, 5.74) is 1.93. The molecular weight excluding hydrogens is 465 g/mol. The van der Waals surface area contributed by atoms with Gasteiger partial charge in [-0.05, 0) is 42.0 Å². The van der Waals surface area contributed by atoms with Crippen LogP contribution in [0.1, 0.15) is 11.3 Å². The summed E-state index contributed by atoms with van der Waals surface area (Å²) in [6.07, 6.45) is -1.37. The summed E-state index contributed by atoms with van der Waals surface area (Å²) in [6.45, 7) is 0. The monoisotopic (exact) mass is 480 g/mol. The van der Waals surface area contributed by atoms with Crippen molar-refractivity contribution in [2.24, 2.45) is 0 Å². The molecule has 0 fully saturated rings. The van der Waals surface area contributed by atoms with E-state index in [1.807, 2.05) is 0 Å². The van der Waals surface area contributed by atoms with E-state index in [0.29, 0.717) is 29.1 Å². The topological polar surface area (TPSA) is 97.0 Å². The Kier molecular flexibility index (Phi) is 5.89. The summed E-state index contributed by atoms with van der Waals surface area (Å²) < 4.78 is 68.4. The number of benzene rings is 2. The summed E-state index contributed by atoms with van der Waals surface area (Å²) in [5.74, 6) is 0.206. The number of aromatic amines is 1. The van der Waals surface area contributed by atoms with Gasteiger partial charge in [-0.15, -0.1) is 24.5 Å². The first kappa shape index (κ1) is 21.8. The van der Waals surface area contributed by atoms with Gasteiger partial charge in [-0.25, -0.2) is 18.4 Å². The van der Waals surface area contributed by atoms with Gasteiger partial charge in [-0.2, -0.15) is 0 Å². The quantitative estimate of drug-likeness (QED) is 0.395. The standard InChI is InChI=1S/C20H15F3N4O3S2/c21-20(22,23)30-16-3-1-2-13(11-16)10-15-12-25-18(26-15)14-4-6-17(7-5-14)32(28,29)27-19-24-8-9-31-19/h1-9,11-12H,10H2,(H,24,27)(H,25,26). The predicted molar refractivity (Wildman–Crippen MR) is 113 cm³/mol. The second-order valence-corrected chi connectivity index (χ2v) is 9.17. The maximum atomic E-state index is 12.4. The summed E-state index contributed by atoms with van der Waals surface area (Å²) in [6, 6.07) is 11.8. The van der Waals surface area contributed by atoms with Gasteiger partial charge in [0.2, 0.25) is 0 Å². The van der Waals surface area contributed by atoms with E-state index in [0.717, 1.165) is 0 Å². The number of H-pyrrole nitrogens is 1. The Morgan fingerprint density at radius 1 is 1.09 bits per heavy atom. The Morgan fingerprint density at radius 3 is 2.56 bits per heavy atom. The van der Waals surface area contributed by atoms with E-state index in [1.165, 1.54) is 47.9 Å². The zero-order valence-corrected chi connectivity index (χ0v) is 17.8. The van der Waals surface area contributed by atoms with Crippen molar-refractivity contribution < 1.29 is 26.3 Å². The molecule has 2 heterocycles. The molecule has 4 aromatic rings. The number of imidazole rings is 1. The summed E-state index contributed by atoms with van der Waals surface area (Å²) >= 11 is 1.17. The van der Waals surface area contributed by atoms with Gasteiger partial charge in [-0.3, -0.25) is 4.72 Å². The van der Waals surface area contributed by atoms with Crippen LogP contribution in [-0.4, -0.2) is 29.7 Å². The van der Waals surface area contributed by atoms with Gasteiger partial charge in [0.25, 0.3) is 10.0 Å². The molecule has 32 heavy (non-hydrogen) atoms. The van der Waals surface area contributed by atoms with E-state index in [4.69, 9.17) is 0 Å². The molecule has 2 N–H and O–H groups in total. The molecule has 0 atom stereocenters.